The fourth-order valence-corrected chi connectivity index (χ4v) is 1.15. The Morgan fingerprint density at radius 2 is 1.93 bits per heavy atom. The van der Waals surface area contributed by atoms with Crippen molar-refractivity contribution in [3.05, 3.63) is 35.9 Å². The monoisotopic (exact) mass is 203 g/mol. The lowest BCUT2D eigenvalue weighted by Gasteiger charge is -1.99. The summed E-state index contributed by atoms with van der Waals surface area (Å²) in [6.45, 7) is 1.78. The zero-order valence-electron chi connectivity index (χ0n) is 8.38. The molecule has 0 aliphatic carbocycles. The SMILES string of the molecule is Cc1nnc(C(=O)c2cncnc2)n1C. The van der Waals surface area contributed by atoms with Crippen molar-refractivity contribution in [1.29, 1.82) is 0 Å². The molecule has 2 rings (SSSR count). The Balaban J connectivity index is 2.42. The first-order valence-electron chi connectivity index (χ1n) is 4.36. The van der Waals surface area contributed by atoms with Crippen molar-refractivity contribution >= 4 is 5.78 Å². The van der Waals surface area contributed by atoms with Gasteiger partial charge in [0.1, 0.15) is 12.2 Å². The Morgan fingerprint density at radius 1 is 1.27 bits per heavy atom. The van der Waals surface area contributed by atoms with Crippen LogP contribution in [-0.4, -0.2) is 30.5 Å². The van der Waals surface area contributed by atoms with E-state index in [-0.39, 0.29) is 5.78 Å². The normalized spacial score (nSPS) is 10.3. The summed E-state index contributed by atoms with van der Waals surface area (Å²) in [6.07, 6.45) is 4.29. The van der Waals surface area contributed by atoms with Crippen LogP contribution >= 0.6 is 0 Å². The molecule has 0 aliphatic heterocycles. The zero-order valence-corrected chi connectivity index (χ0v) is 8.38. The smallest absolute Gasteiger partial charge is 0.233 e. The molecule has 0 N–H and O–H groups in total. The van der Waals surface area contributed by atoms with Crippen molar-refractivity contribution in [2.75, 3.05) is 0 Å². The highest BCUT2D eigenvalue weighted by Crippen LogP contribution is 2.05. The van der Waals surface area contributed by atoms with Gasteiger partial charge in [-0.25, -0.2) is 9.97 Å². The van der Waals surface area contributed by atoms with E-state index in [9.17, 15) is 4.79 Å². The van der Waals surface area contributed by atoms with E-state index in [4.69, 9.17) is 0 Å². The number of nitrogens with zero attached hydrogens (tertiary/aromatic N) is 5. The van der Waals surface area contributed by atoms with E-state index in [0.29, 0.717) is 17.2 Å². The number of aryl methyl sites for hydroxylation is 1. The van der Waals surface area contributed by atoms with E-state index in [1.807, 2.05) is 0 Å². The number of carbonyl (C=O) groups is 1. The summed E-state index contributed by atoms with van der Waals surface area (Å²) in [5, 5.41) is 7.61. The summed E-state index contributed by atoms with van der Waals surface area (Å²) in [5.74, 6) is 0.760. The molecule has 0 atom stereocenters. The molecule has 0 aliphatic rings. The molecule has 2 aromatic rings. The molecular formula is C9H9N5O. The van der Waals surface area contributed by atoms with Crippen molar-refractivity contribution in [1.82, 2.24) is 24.7 Å². The molecule has 2 aromatic heterocycles. The van der Waals surface area contributed by atoms with Gasteiger partial charge in [0.05, 0.1) is 5.56 Å². The molecule has 15 heavy (non-hydrogen) atoms. The summed E-state index contributed by atoms with van der Waals surface area (Å²) in [5.41, 5.74) is 0.410. The third kappa shape index (κ3) is 1.61. The van der Waals surface area contributed by atoms with Gasteiger partial charge >= 0.3 is 0 Å². The first kappa shape index (κ1) is 9.45. The predicted molar refractivity (Wildman–Crippen MR) is 51.2 cm³/mol. The van der Waals surface area contributed by atoms with E-state index in [1.54, 1.807) is 18.5 Å². The summed E-state index contributed by atoms with van der Waals surface area (Å²) >= 11 is 0. The van der Waals surface area contributed by atoms with Gasteiger partial charge in [0, 0.05) is 19.4 Å². The number of hydrogen-bond acceptors (Lipinski definition) is 5. The maximum Gasteiger partial charge on any atom is 0.233 e. The van der Waals surface area contributed by atoms with E-state index in [0.717, 1.165) is 0 Å². The molecule has 0 spiro atoms. The van der Waals surface area contributed by atoms with Gasteiger partial charge in [-0.2, -0.15) is 0 Å². The minimum atomic E-state index is -0.223. The Kier molecular flexibility index (Phi) is 2.24. The summed E-state index contributed by atoms with van der Waals surface area (Å²) < 4.78 is 1.63. The van der Waals surface area contributed by atoms with Crippen LogP contribution in [0.15, 0.2) is 18.7 Å². The zero-order chi connectivity index (χ0) is 10.8. The average molecular weight is 203 g/mol. The molecular weight excluding hydrogens is 194 g/mol. The highest BCUT2D eigenvalue weighted by atomic mass is 16.1. The second-order valence-corrected chi connectivity index (χ2v) is 3.09. The second kappa shape index (κ2) is 3.56. The fraction of sp³-hybridized carbons (Fsp3) is 0.222. The topological polar surface area (TPSA) is 73.6 Å². The molecule has 0 fully saturated rings. The van der Waals surface area contributed by atoms with Gasteiger partial charge < -0.3 is 4.57 Å². The molecule has 0 unspecified atom stereocenters. The largest absolute Gasteiger partial charge is 0.312 e. The lowest BCUT2D eigenvalue weighted by molar-refractivity contribution is 0.102. The van der Waals surface area contributed by atoms with Crippen LogP contribution in [0.2, 0.25) is 0 Å². The Labute approximate surface area is 86.0 Å². The molecule has 0 saturated heterocycles. The Morgan fingerprint density at radius 3 is 2.47 bits per heavy atom. The lowest BCUT2D eigenvalue weighted by Crippen LogP contribution is -2.10. The van der Waals surface area contributed by atoms with E-state index in [1.165, 1.54) is 18.7 Å². The summed E-state index contributed by atoms with van der Waals surface area (Å²) in [4.78, 5) is 19.4. The number of aromatic nitrogens is 5. The van der Waals surface area contributed by atoms with Gasteiger partial charge in [-0.15, -0.1) is 10.2 Å². The van der Waals surface area contributed by atoms with Crippen molar-refractivity contribution in [2.24, 2.45) is 7.05 Å². The van der Waals surface area contributed by atoms with Crippen molar-refractivity contribution in [3.8, 4) is 0 Å². The highest BCUT2D eigenvalue weighted by molar-refractivity contribution is 6.06. The summed E-state index contributed by atoms with van der Waals surface area (Å²) in [6, 6.07) is 0. The predicted octanol–water partition coefficient (Wildman–Crippen LogP) is 0.145. The number of carbonyl (C=O) groups excluding carboxylic acids is 1. The van der Waals surface area contributed by atoms with E-state index >= 15 is 0 Å². The Bertz CT molecular complexity index is 490. The van der Waals surface area contributed by atoms with Crippen molar-refractivity contribution < 1.29 is 4.79 Å². The second-order valence-electron chi connectivity index (χ2n) is 3.09. The van der Waals surface area contributed by atoms with Crippen LogP contribution in [0.5, 0.6) is 0 Å². The van der Waals surface area contributed by atoms with Gasteiger partial charge in [0.15, 0.2) is 0 Å². The van der Waals surface area contributed by atoms with Crippen LogP contribution in [0.25, 0.3) is 0 Å². The standard InChI is InChI=1S/C9H9N5O/c1-6-12-13-9(14(6)2)8(15)7-3-10-5-11-4-7/h3-5H,1-2H3. The van der Waals surface area contributed by atoms with Crippen LogP contribution in [0.1, 0.15) is 22.0 Å². The molecule has 0 saturated carbocycles. The molecule has 76 valence electrons. The minimum Gasteiger partial charge on any atom is -0.312 e. The van der Waals surface area contributed by atoms with Crippen LogP contribution in [-0.2, 0) is 7.05 Å². The van der Waals surface area contributed by atoms with Crippen LogP contribution in [0.4, 0.5) is 0 Å². The van der Waals surface area contributed by atoms with Gasteiger partial charge in [-0.3, -0.25) is 4.79 Å². The fourth-order valence-electron chi connectivity index (χ4n) is 1.15. The van der Waals surface area contributed by atoms with Gasteiger partial charge in [0.2, 0.25) is 11.6 Å². The number of hydrogen-bond donors (Lipinski definition) is 0. The number of rotatable bonds is 2. The first-order chi connectivity index (χ1) is 7.20. The molecule has 6 nitrogen and oxygen atoms in total. The molecule has 0 bridgehead atoms. The first-order valence-corrected chi connectivity index (χ1v) is 4.36. The maximum atomic E-state index is 11.9. The lowest BCUT2D eigenvalue weighted by atomic mass is 10.2. The number of ketones is 1. The van der Waals surface area contributed by atoms with Gasteiger partial charge in [0.25, 0.3) is 0 Å². The van der Waals surface area contributed by atoms with Crippen molar-refractivity contribution in [3.63, 3.8) is 0 Å². The van der Waals surface area contributed by atoms with Crippen molar-refractivity contribution in [2.45, 2.75) is 6.92 Å². The highest BCUT2D eigenvalue weighted by Gasteiger charge is 2.16. The third-order valence-electron chi connectivity index (χ3n) is 2.12. The van der Waals surface area contributed by atoms with E-state index in [2.05, 4.69) is 20.2 Å². The maximum absolute atomic E-state index is 11.9. The van der Waals surface area contributed by atoms with Crippen LogP contribution < -0.4 is 0 Å². The molecule has 0 radical (unpaired) electrons. The molecule has 0 aromatic carbocycles. The van der Waals surface area contributed by atoms with Crippen LogP contribution in [0.3, 0.4) is 0 Å². The summed E-state index contributed by atoms with van der Waals surface area (Å²) in [7, 11) is 1.74. The Hall–Kier alpha value is -2.11. The molecule has 2 heterocycles. The van der Waals surface area contributed by atoms with Crippen LogP contribution in [0, 0.1) is 6.92 Å². The third-order valence-corrected chi connectivity index (χ3v) is 2.12. The average Bonchev–Trinajstić information content (AvgIpc) is 2.60. The molecule has 0 amide bonds. The molecule has 6 heteroatoms. The quantitative estimate of drug-likeness (QED) is 0.649. The van der Waals surface area contributed by atoms with Gasteiger partial charge in [-0.05, 0) is 6.92 Å². The van der Waals surface area contributed by atoms with Gasteiger partial charge in [-0.1, -0.05) is 0 Å². The van der Waals surface area contributed by atoms with E-state index < -0.39 is 0 Å². The minimum absolute atomic E-state index is 0.223.